The number of aromatic nitrogens is 2. The molecule has 3 N–H and O–H groups in total. The molecule has 7 nitrogen and oxygen atoms in total. The summed E-state index contributed by atoms with van der Waals surface area (Å²) in [4.78, 5) is 19.1. The molecule has 0 aliphatic heterocycles. The van der Waals surface area contributed by atoms with Gasteiger partial charge < -0.3 is 15.4 Å². The molecule has 1 amide bonds. The number of pyridine rings is 1. The first kappa shape index (κ1) is 20.7. The normalized spacial score (nSPS) is 11.5. The molecular weight excluding hydrogens is 421 g/mol. The first-order chi connectivity index (χ1) is 14.9. The molecule has 2 heterocycles. The number of aromatic amines is 1. The molecule has 4 rings (SSSR count). The third-order valence-corrected chi connectivity index (χ3v) is 6.69. The van der Waals surface area contributed by atoms with Crippen LogP contribution in [0.15, 0.2) is 76.8 Å². The van der Waals surface area contributed by atoms with Crippen LogP contribution in [0.2, 0.25) is 0 Å². The second kappa shape index (κ2) is 8.29. The molecule has 0 bridgehead atoms. The third kappa shape index (κ3) is 4.18. The number of carbonyl (C=O) groups is 1. The highest BCUT2D eigenvalue weighted by molar-refractivity contribution is 7.91. The lowest BCUT2D eigenvalue weighted by Crippen LogP contribution is -2.23. The van der Waals surface area contributed by atoms with Crippen molar-refractivity contribution in [1.29, 1.82) is 0 Å². The van der Waals surface area contributed by atoms with Crippen LogP contribution >= 0.6 is 0 Å². The van der Waals surface area contributed by atoms with Crippen molar-refractivity contribution in [2.24, 2.45) is 0 Å². The molecule has 31 heavy (non-hydrogen) atoms. The molecule has 0 fully saturated rings. The van der Waals surface area contributed by atoms with E-state index in [1.54, 1.807) is 36.7 Å². The summed E-state index contributed by atoms with van der Waals surface area (Å²) >= 11 is 0. The van der Waals surface area contributed by atoms with Crippen molar-refractivity contribution >= 4 is 26.6 Å². The number of halogens is 1. The summed E-state index contributed by atoms with van der Waals surface area (Å²) < 4.78 is 39.3. The summed E-state index contributed by atoms with van der Waals surface area (Å²) in [6.07, 6.45) is 3.28. The Morgan fingerprint density at radius 3 is 2.58 bits per heavy atom. The lowest BCUT2D eigenvalue weighted by Gasteiger charge is -2.10. The fraction of sp³-hybridized carbons (Fsp3) is 0.0909. The van der Waals surface area contributed by atoms with Gasteiger partial charge in [0.05, 0.1) is 16.4 Å². The fourth-order valence-corrected chi connectivity index (χ4v) is 4.69. The second-order valence-corrected chi connectivity index (χ2v) is 8.80. The van der Waals surface area contributed by atoms with Gasteiger partial charge >= 0.3 is 0 Å². The number of nitrogens with zero attached hydrogens (tertiary/aromatic N) is 1. The number of aliphatic hydroxyl groups is 1. The minimum atomic E-state index is -4.01. The van der Waals surface area contributed by atoms with Gasteiger partial charge in [0.1, 0.15) is 11.5 Å². The molecule has 0 saturated heterocycles. The zero-order valence-corrected chi connectivity index (χ0v) is 17.0. The minimum Gasteiger partial charge on any atom is -0.392 e. The van der Waals surface area contributed by atoms with Crippen LogP contribution in [-0.4, -0.2) is 29.4 Å². The number of amides is 1. The molecule has 9 heteroatoms. The maximum atomic E-state index is 13.6. The standard InChI is InChI=1S/C22H18FN3O4S/c23-17-4-3-15(13-27)21(10-17)31(29,30)18-5-1-14(2-6-18)11-25-22(28)20-9-16-12-24-8-7-19(16)26-20/h1-10,12,26-27H,11,13H2,(H,25,28). The summed E-state index contributed by atoms with van der Waals surface area (Å²) in [5, 5.41) is 13.0. The maximum absolute atomic E-state index is 13.6. The van der Waals surface area contributed by atoms with E-state index in [0.717, 1.165) is 23.0 Å². The monoisotopic (exact) mass is 439 g/mol. The molecule has 2 aromatic heterocycles. The smallest absolute Gasteiger partial charge is 0.267 e. The van der Waals surface area contributed by atoms with Crippen molar-refractivity contribution in [3.63, 3.8) is 0 Å². The summed E-state index contributed by atoms with van der Waals surface area (Å²) in [5.74, 6) is -1.01. The van der Waals surface area contributed by atoms with Crippen LogP contribution in [0.3, 0.4) is 0 Å². The number of H-pyrrole nitrogens is 1. The SMILES string of the molecule is O=C(NCc1ccc(S(=O)(=O)c2cc(F)ccc2CO)cc1)c1cc2cnccc2[nH]1. The summed E-state index contributed by atoms with van der Waals surface area (Å²) in [5.41, 5.74) is 2.00. The summed E-state index contributed by atoms with van der Waals surface area (Å²) in [6.45, 7) is -0.336. The zero-order valence-electron chi connectivity index (χ0n) is 16.2. The highest BCUT2D eigenvalue weighted by atomic mass is 32.2. The van der Waals surface area contributed by atoms with Crippen LogP contribution in [0.4, 0.5) is 4.39 Å². The Kier molecular flexibility index (Phi) is 5.53. The van der Waals surface area contributed by atoms with Crippen LogP contribution in [-0.2, 0) is 23.0 Å². The Morgan fingerprint density at radius 1 is 1.10 bits per heavy atom. The largest absolute Gasteiger partial charge is 0.392 e. The van der Waals surface area contributed by atoms with Crippen LogP contribution < -0.4 is 5.32 Å². The molecule has 0 spiro atoms. The van der Waals surface area contributed by atoms with Crippen molar-refractivity contribution in [3.05, 3.63) is 89.6 Å². The fourth-order valence-electron chi connectivity index (χ4n) is 3.19. The van der Waals surface area contributed by atoms with Crippen LogP contribution in [0.25, 0.3) is 10.9 Å². The number of benzene rings is 2. The Balaban J connectivity index is 1.49. The van der Waals surface area contributed by atoms with Gasteiger partial charge in [0.2, 0.25) is 9.84 Å². The van der Waals surface area contributed by atoms with Gasteiger partial charge in [0.15, 0.2) is 0 Å². The molecule has 0 aliphatic rings. The van der Waals surface area contributed by atoms with E-state index in [4.69, 9.17) is 0 Å². The number of carbonyl (C=O) groups excluding carboxylic acids is 1. The van der Waals surface area contributed by atoms with E-state index in [2.05, 4.69) is 15.3 Å². The number of sulfone groups is 1. The van der Waals surface area contributed by atoms with Gasteiger partial charge in [-0.2, -0.15) is 0 Å². The number of hydrogen-bond donors (Lipinski definition) is 3. The highest BCUT2D eigenvalue weighted by Crippen LogP contribution is 2.25. The van der Waals surface area contributed by atoms with E-state index >= 15 is 0 Å². The molecule has 0 atom stereocenters. The molecule has 0 radical (unpaired) electrons. The summed E-state index contributed by atoms with van der Waals surface area (Å²) in [7, 11) is -4.01. The second-order valence-electron chi connectivity index (χ2n) is 6.89. The lowest BCUT2D eigenvalue weighted by molar-refractivity contribution is 0.0946. The van der Waals surface area contributed by atoms with Crippen LogP contribution in [0.5, 0.6) is 0 Å². The molecular formula is C22H18FN3O4S. The number of rotatable bonds is 6. The first-order valence-electron chi connectivity index (χ1n) is 9.33. The third-order valence-electron chi connectivity index (χ3n) is 4.84. The molecule has 4 aromatic rings. The molecule has 2 aromatic carbocycles. The van der Waals surface area contributed by atoms with E-state index in [1.165, 1.54) is 18.2 Å². The average Bonchev–Trinajstić information content (AvgIpc) is 3.22. The van der Waals surface area contributed by atoms with Gasteiger partial charge in [0.25, 0.3) is 5.91 Å². The Hall–Kier alpha value is -3.56. The van der Waals surface area contributed by atoms with Crippen LogP contribution in [0, 0.1) is 5.82 Å². The number of aliphatic hydroxyl groups excluding tert-OH is 1. The van der Waals surface area contributed by atoms with Crippen molar-refractivity contribution in [2.45, 2.75) is 22.9 Å². The van der Waals surface area contributed by atoms with E-state index in [-0.39, 0.29) is 27.8 Å². The van der Waals surface area contributed by atoms with Gasteiger partial charge in [-0.1, -0.05) is 18.2 Å². The van der Waals surface area contributed by atoms with Gasteiger partial charge in [-0.15, -0.1) is 0 Å². The molecule has 158 valence electrons. The van der Waals surface area contributed by atoms with Gasteiger partial charge in [-0.05, 0) is 47.5 Å². The molecule has 0 unspecified atom stereocenters. The Bertz CT molecular complexity index is 1330. The van der Waals surface area contributed by atoms with E-state index < -0.39 is 22.3 Å². The van der Waals surface area contributed by atoms with Gasteiger partial charge in [-0.25, -0.2) is 12.8 Å². The number of fused-ring (bicyclic) bond motifs is 1. The van der Waals surface area contributed by atoms with Crippen molar-refractivity contribution in [2.75, 3.05) is 0 Å². The average molecular weight is 439 g/mol. The van der Waals surface area contributed by atoms with Gasteiger partial charge in [0, 0.05) is 29.8 Å². The lowest BCUT2D eigenvalue weighted by atomic mass is 10.2. The van der Waals surface area contributed by atoms with Crippen molar-refractivity contribution in [1.82, 2.24) is 15.3 Å². The predicted molar refractivity (Wildman–Crippen MR) is 111 cm³/mol. The van der Waals surface area contributed by atoms with Gasteiger partial charge in [-0.3, -0.25) is 9.78 Å². The highest BCUT2D eigenvalue weighted by Gasteiger charge is 2.22. The topological polar surface area (TPSA) is 112 Å². The predicted octanol–water partition coefficient (Wildman–Crippen LogP) is 2.96. The number of hydrogen-bond acceptors (Lipinski definition) is 5. The van der Waals surface area contributed by atoms with E-state index in [1.807, 2.05) is 0 Å². The minimum absolute atomic E-state index is 0.0361. The van der Waals surface area contributed by atoms with Crippen LogP contribution in [0.1, 0.15) is 21.6 Å². The molecule has 0 aliphatic carbocycles. The van der Waals surface area contributed by atoms with E-state index in [0.29, 0.717) is 11.3 Å². The Labute approximate surface area is 177 Å². The van der Waals surface area contributed by atoms with E-state index in [9.17, 15) is 22.7 Å². The molecule has 0 saturated carbocycles. The maximum Gasteiger partial charge on any atom is 0.267 e. The number of nitrogens with one attached hydrogen (secondary N) is 2. The van der Waals surface area contributed by atoms with Crippen molar-refractivity contribution < 1.29 is 22.7 Å². The first-order valence-corrected chi connectivity index (χ1v) is 10.8. The summed E-state index contributed by atoms with van der Waals surface area (Å²) in [6, 6.07) is 12.6. The quantitative estimate of drug-likeness (QED) is 0.428. The van der Waals surface area contributed by atoms with Crippen molar-refractivity contribution in [3.8, 4) is 0 Å². The zero-order chi connectivity index (χ0) is 22.0. The Morgan fingerprint density at radius 2 is 1.87 bits per heavy atom.